The van der Waals surface area contributed by atoms with E-state index in [1.165, 1.54) is 24.8 Å². The summed E-state index contributed by atoms with van der Waals surface area (Å²) in [6, 6.07) is 8.40. The van der Waals surface area contributed by atoms with Crippen LogP contribution in [0.4, 0.5) is 0 Å². The van der Waals surface area contributed by atoms with Gasteiger partial charge >= 0.3 is 0 Å². The Morgan fingerprint density at radius 1 is 1.33 bits per heavy atom. The van der Waals surface area contributed by atoms with Crippen molar-refractivity contribution in [3.05, 3.63) is 29.8 Å². The molecule has 0 spiro atoms. The lowest BCUT2D eigenvalue weighted by molar-refractivity contribution is 0.367. The molecule has 1 heterocycles. The Bertz CT molecular complexity index is 305. The molecule has 0 bridgehead atoms. The van der Waals surface area contributed by atoms with E-state index in [0.29, 0.717) is 0 Å². The molecule has 1 aromatic rings. The van der Waals surface area contributed by atoms with Crippen LogP contribution in [-0.2, 0) is 6.42 Å². The highest BCUT2D eigenvalue weighted by Gasteiger charge is 2.14. The summed E-state index contributed by atoms with van der Waals surface area (Å²) in [6.45, 7) is 2.10. The summed E-state index contributed by atoms with van der Waals surface area (Å²) in [7, 11) is 1.72. The van der Waals surface area contributed by atoms with Gasteiger partial charge in [0.15, 0.2) is 0 Å². The minimum atomic E-state index is 0.814. The van der Waals surface area contributed by atoms with Crippen LogP contribution in [-0.4, -0.2) is 20.2 Å². The zero-order chi connectivity index (χ0) is 10.5. The van der Waals surface area contributed by atoms with Crippen LogP contribution in [0.2, 0.25) is 0 Å². The minimum Gasteiger partial charge on any atom is -0.497 e. The molecule has 0 amide bonds. The second-order valence-electron chi connectivity index (χ2n) is 4.17. The van der Waals surface area contributed by atoms with Crippen LogP contribution in [0.15, 0.2) is 24.3 Å². The normalized spacial score (nSPS) is 17.7. The van der Waals surface area contributed by atoms with Crippen molar-refractivity contribution in [2.75, 3.05) is 20.2 Å². The lowest BCUT2D eigenvalue weighted by Crippen LogP contribution is -2.23. The van der Waals surface area contributed by atoms with Crippen molar-refractivity contribution >= 4 is 0 Å². The summed E-state index contributed by atoms with van der Waals surface area (Å²) >= 11 is 0. The van der Waals surface area contributed by atoms with Gasteiger partial charge in [-0.25, -0.2) is 5.32 Å². The van der Waals surface area contributed by atoms with Crippen molar-refractivity contribution in [3.63, 3.8) is 0 Å². The molecule has 0 N–H and O–H groups in total. The van der Waals surface area contributed by atoms with Gasteiger partial charge in [-0.2, -0.15) is 0 Å². The van der Waals surface area contributed by atoms with E-state index in [1.54, 1.807) is 7.11 Å². The maximum absolute atomic E-state index is 5.23. The summed E-state index contributed by atoms with van der Waals surface area (Å²) in [5.41, 5.74) is 1.39. The fourth-order valence-corrected chi connectivity index (χ4v) is 2.14. The fraction of sp³-hybridized carbons (Fsp3) is 0.538. The number of nitrogens with zero attached hydrogens (tertiary/aromatic N) is 1. The van der Waals surface area contributed by atoms with Gasteiger partial charge in [-0.3, -0.25) is 0 Å². The van der Waals surface area contributed by atoms with E-state index in [1.807, 2.05) is 6.07 Å². The van der Waals surface area contributed by atoms with Gasteiger partial charge in [-0.05, 0) is 42.9 Å². The largest absolute Gasteiger partial charge is 0.497 e. The average Bonchev–Trinajstić information content (AvgIpc) is 2.31. The Morgan fingerprint density at radius 2 is 2.13 bits per heavy atom. The lowest BCUT2D eigenvalue weighted by Gasteiger charge is -2.21. The molecular formula is C13H18NO. The first kappa shape index (κ1) is 10.5. The zero-order valence-corrected chi connectivity index (χ0v) is 9.28. The minimum absolute atomic E-state index is 0.814. The molecule has 2 rings (SSSR count). The van der Waals surface area contributed by atoms with Crippen LogP contribution < -0.4 is 10.1 Å². The van der Waals surface area contributed by atoms with Gasteiger partial charge in [-0.1, -0.05) is 12.1 Å². The van der Waals surface area contributed by atoms with Crippen LogP contribution in [0.25, 0.3) is 0 Å². The maximum atomic E-state index is 5.23. The summed E-state index contributed by atoms with van der Waals surface area (Å²) in [5, 5.41) is 4.38. The smallest absolute Gasteiger partial charge is 0.119 e. The third kappa shape index (κ3) is 2.96. The van der Waals surface area contributed by atoms with Crippen molar-refractivity contribution in [2.45, 2.75) is 19.3 Å². The fourth-order valence-electron chi connectivity index (χ4n) is 2.14. The zero-order valence-electron chi connectivity index (χ0n) is 9.28. The predicted octanol–water partition coefficient (Wildman–Crippen LogP) is 2.25. The second kappa shape index (κ2) is 5.17. The van der Waals surface area contributed by atoms with Gasteiger partial charge in [0.25, 0.3) is 0 Å². The van der Waals surface area contributed by atoms with Crippen LogP contribution >= 0.6 is 0 Å². The molecule has 1 radical (unpaired) electrons. The molecule has 1 aliphatic heterocycles. The molecule has 81 valence electrons. The SMILES string of the molecule is COc1cccc(CC2CC[N]CC2)c1. The van der Waals surface area contributed by atoms with Gasteiger partial charge in [-0.15, -0.1) is 0 Å². The van der Waals surface area contributed by atoms with Gasteiger partial charge in [0, 0.05) is 13.1 Å². The number of rotatable bonds is 3. The number of hydrogen-bond donors (Lipinski definition) is 0. The first-order valence-electron chi connectivity index (χ1n) is 5.64. The van der Waals surface area contributed by atoms with E-state index < -0.39 is 0 Å². The van der Waals surface area contributed by atoms with Crippen LogP contribution in [0.5, 0.6) is 5.75 Å². The molecule has 0 atom stereocenters. The molecule has 1 saturated heterocycles. The van der Waals surface area contributed by atoms with Crippen molar-refractivity contribution in [3.8, 4) is 5.75 Å². The highest BCUT2D eigenvalue weighted by molar-refractivity contribution is 5.28. The molecule has 2 heteroatoms. The molecule has 2 nitrogen and oxygen atoms in total. The Hall–Kier alpha value is -1.02. The third-order valence-electron chi connectivity index (χ3n) is 3.05. The highest BCUT2D eigenvalue weighted by atomic mass is 16.5. The Balaban J connectivity index is 1.96. The number of benzene rings is 1. The number of hydrogen-bond acceptors (Lipinski definition) is 1. The van der Waals surface area contributed by atoms with Crippen LogP contribution in [0.3, 0.4) is 0 Å². The second-order valence-corrected chi connectivity index (χ2v) is 4.17. The molecule has 1 aliphatic rings. The van der Waals surface area contributed by atoms with Gasteiger partial charge in [0.1, 0.15) is 5.75 Å². The summed E-state index contributed by atoms with van der Waals surface area (Å²) in [5.74, 6) is 1.78. The number of methoxy groups -OCH3 is 1. The standard InChI is InChI=1S/C13H18NO/c1-15-13-4-2-3-12(10-13)9-11-5-7-14-8-6-11/h2-4,10-11H,5-9H2,1H3. The molecule has 0 aromatic heterocycles. The Labute approximate surface area is 91.6 Å². The monoisotopic (exact) mass is 204 g/mol. The average molecular weight is 204 g/mol. The molecule has 1 fully saturated rings. The number of piperidine rings is 1. The molecule has 1 aromatic carbocycles. The van der Waals surface area contributed by atoms with Crippen molar-refractivity contribution in [1.29, 1.82) is 0 Å². The molecular weight excluding hydrogens is 186 g/mol. The van der Waals surface area contributed by atoms with Crippen LogP contribution in [0.1, 0.15) is 18.4 Å². The molecule has 15 heavy (non-hydrogen) atoms. The Morgan fingerprint density at radius 3 is 2.87 bits per heavy atom. The van der Waals surface area contributed by atoms with E-state index in [0.717, 1.165) is 24.8 Å². The molecule has 0 aliphatic carbocycles. The van der Waals surface area contributed by atoms with Crippen molar-refractivity contribution in [1.82, 2.24) is 5.32 Å². The lowest BCUT2D eigenvalue weighted by atomic mass is 9.91. The van der Waals surface area contributed by atoms with Gasteiger partial charge in [0.05, 0.1) is 7.11 Å². The van der Waals surface area contributed by atoms with E-state index >= 15 is 0 Å². The van der Waals surface area contributed by atoms with Crippen molar-refractivity contribution < 1.29 is 4.74 Å². The summed E-state index contributed by atoms with van der Waals surface area (Å²) in [6.07, 6.45) is 3.67. The summed E-state index contributed by atoms with van der Waals surface area (Å²) in [4.78, 5) is 0. The first-order chi connectivity index (χ1) is 7.38. The molecule has 0 saturated carbocycles. The third-order valence-corrected chi connectivity index (χ3v) is 3.05. The molecule has 0 unspecified atom stereocenters. The number of ether oxygens (including phenoxy) is 1. The highest BCUT2D eigenvalue weighted by Crippen LogP contribution is 2.21. The van der Waals surface area contributed by atoms with Crippen molar-refractivity contribution in [2.24, 2.45) is 5.92 Å². The van der Waals surface area contributed by atoms with E-state index in [2.05, 4.69) is 23.5 Å². The van der Waals surface area contributed by atoms with E-state index in [9.17, 15) is 0 Å². The Kier molecular flexibility index (Phi) is 3.62. The maximum Gasteiger partial charge on any atom is 0.119 e. The quantitative estimate of drug-likeness (QED) is 0.740. The summed E-state index contributed by atoms with van der Waals surface area (Å²) < 4.78 is 5.23. The van der Waals surface area contributed by atoms with E-state index in [-0.39, 0.29) is 0 Å². The first-order valence-corrected chi connectivity index (χ1v) is 5.64. The predicted molar refractivity (Wildman–Crippen MR) is 61.3 cm³/mol. The topological polar surface area (TPSA) is 23.3 Å². The van der Waals surface area contributed by atoms with E-state index in [4.69, 9.17) is 4.74 Å². The van der Waals surface area contributed by atoms with Gasteiger partial charge in [0.2, 0.25) is 0 Å². The van der Waals surface area contributed by atoms with Crippen LogP contribution in [0, 0.1) is 5.92 Å². The van der Waals surface area contributed by atoms with Gasteiger partial charge < -0.3 is 4.74 Å².